The fraction of sp³-hybridized carbons (Fsp3) is 0.217. The molecule has 1 heterocycles. The lowest BCUT2D eigenvalue weighted by Gasteiger charge is -2.27. The van der Waals surface area contributed by atoms with Crippen LogP contribution in [0.3, 0.4) is 0 Å². The molecule has 0 aliphatic rings. The molecule has 1 amide bonds. The summed E-state index contributed by atoms with van der Waals surface area (Å²) >= 11 is 5.96. The van der Waals surface area contributed by atoms with Gasteiger partial charge in [0.1, 0.15) is 0 Å². The van der Waals surface area contributed by atoms with Gasteiger partial charge in [0.2, 0.25) is 5.91 Å². The lowest BCUT2D eigenvalue weighted by atomic mass is 10.0. The quantitative estimate of drug-likeness (QED) is 0.636. The predicted octanol–water partition coefficient (Wildman–Crippen LogP) is 4.63. The monoisotopic (exact) mass is 393 g/mol. The van der Waals surface area contributed by atoms with Gasteiger partial charge >= 0.3 is 0 Å². The van der Waals surface area contributed by atoms with E-state index in [0.29, 0.717) is 5.02 Å². The molecule has 1 N–H and O–H groups in total. The number of nitrogens with one attached hydrogen (secondary N) is 1. The molecule has 144 valence electrons. The SMILES string of the molecule is CC(c1ccc(Cl)cc1)N(C)C(=O)CNC(c1ccccc1)c1ccccn1. The summed E-state index contributed by atoms with van der Waals surface area (Å²) in [4.78, 5) is 19.0. The van der Waals surface area contributed by atoms with Gasteiger partial charge in [0.15, 0.2) is 0 Å². The Morgan fingerprint density at radius 2 is 1.68 bits per heavy atom. The van der Waals surface area contributed by atoms with Crippen LogP contribution in [-0.2, 0) is 4.79 Å². The summed E-state index contributed by atoms with van der Waals surface area (Å²) in [6.07, 6.45) is 1.77. The molecule has 0 saturated carbocycles. The third-order valence-electron chi connectivity index (χ3n) is 4.90. The fourth-order valence-corrected chi connectivity index (χ4v) is 3.21. The summed E-state index contributed by atoms with van der Waals surface area (Å²) in [5.74, 6) is 0.0133. The molecule has 0 bridgehead atoms. The minimum absolute atomic E-state index is 0.0133. The number of aromatic nitrogens is 1. The largest absolute Gasteiger partial charge is 0.338 e. The first kappa shape index (κ1) is 20.1. The van der Waals surface area contributed by atoms with Crippen molar-refractivity contribution < 1.29 is 4.79 Å². The van der Waals surface area contributed by atoms with Crippen LogP contribution < -0.4 is 5.32 Å². The standard InChI is InChI=1S/C23H24ClN3O/c1-17(18-11-13-20(24)14-12-18)27(2)22(28)16-26-23(19-8-4-3-5-9-19)21-10-6-7-15-25-21/h3-15,17,23,26H,16H2,1-2H3. The molecule has 3 aromatic rings. The van der Waals surface area contributed by atoms with E-state index in [0.717, 1.165) is 16.8 Å². The van der Waals surface area contributed by atoms with Crippen LogP contribution in [0.25, 0.3) is 0 Å². The van der Waals surface area contributed by atoms with Crippen molar-refractivity contribution in [3.8, 4) is 0 Å². The molecule has 28 heavy (non-hydrogen) atoms. The lowest BCUT2D eigenvalue weighted by Crippen LogP contribution is -2.38. The second kappa shape index (κ2) is 9.49. The highest BCUT2D eigenvalue weighted by Gasteiger charge is 2.20. The van der Waals surface area contributed by atoms with Gasteiger partial charge in [-0.3, -0.25) is 15.1 Å². The van der Waals surface area contributed by atoms with Crippen LogP contribution in [0, 0.1) is 0 Å². The average Bonchev–Trinajstić information content (AvgIpc) is 2.75. The number of halogens is 1. The zero-order chi connectivity index (χ0) is 19.9. The summed E-state index contributed by atoms with van der Waals surface area (Å²) in [6, 6.07) is 23.2. The molecule has 5 heteroatoms. The number of hydrogen-bond acceptors (Lipinski definition) is 3. The highest BCUT2D eigenvalue weighted by Crippen LogP contribution is 2.22. The third kappa shape index (κ3) is 4.97. The van der Waals surface area contributed by atoms with Crippen LogP contribution in [0.15, 0.2) is 79.0 Å². The number of amides is 1. The van der Waals surface area contributed by atoms with Crippen molar-refractivity contribution in [2.45, 2.75) is 19.0 Å². The van der Waals surface area contributed by atoms with Crippen molar-refractivity contribution in [3.05, 3.63) is 101 Å². The Balaban J connectivity index is 1.70. The molecule has 2 aromatic carbocycles. The topological polar surface area (TPSA) is 45.2 Å². The van der Waals surface area contributed by atoms with Crippen molar-refractivity contribution >= 4 is 17.5 Å². The first-order chi connectivity index (χ1) is 13.6. The number of pyridine rings is 1. The highest BCUT2D eigenvalue weighted by molar-refractivity contribution is 6.30. The molecule has 0 aliphatic heterocycles. The highest BCUT2D eigenvalue weighted by atomic mass is 35.5. The van der Waals surface area contributed by atoms with Crippen molar-refractivity contribution in [2.75, 3.05) is 13.6 Å². The maximum absolute atomic E-state index is 12.8. The van der Waals surface area contributed by atoms with Gasteiger partial charge in [0.25, 0.3) is 0 Å². The summed E-state index contributed by atoms with van der Waals surface area (Å²) in [6.45, 7) is 2.22. The van der Waals surface area contributed by atoms with Gasteiger partial charge < -0.3 is 4.90 Å². The Bertz CT molecular complexity index is 845. The maximum atomic E-state index is 12.8. The van der Waals surface area contributed by atoms with Gasteiger partial charge in [0.05, 0.1) is 24.3 Å². The molecule has 2 atom stereocenters. The summed E-state index contributed by atoms with van der Waals surface area (Å²) in [5, 5.41) is 4.06. The Morgan fingerprint density at radius 3 is 2.32 bits per heavy atom. The zero-order valence-corrected chi connectivity index (χ0v) is 16.8. The Kier molecular flexibility index (Phi) is 6.80. The van der Waals surface area contributed by atoms with Gasteiger partial charge in [-0.15, -0.1) is 0 Å². The van der Waals surface area contributed by atoms with Crippen molar-refractivity contribution in [1.29, 1.82) is 0 Å². The fourth-order valence-electron chi connectivity index (χ4n) is 3.08. The molecule has 1 aromatic heterocycles. The van der Waals surface area contributed by atoms with Gasteiger partial charge in [-0.2, -0.15) is 0 Å². The van der Waals surface area contributed by atoms with Crippen LogP contribution in [-0.4, -0.2) is 29.4 Å². The Hall–Kier alpha value is -2.69. The van der Waals surface area contributed by atoms with E-state index in [1.54, 1.807) is 11.1 Å². The lowest BCUT2D eigenvalue weighted by molar-refractivity contribution is -0.130. The zero-order valence-electron chi connectivity index (χ0n) is 16.0. The van der Waals surface area contributed by atoms with E-state index in [1.807, 2.05) is 86.8 Å². The van der Waals surface area contributed by atoms with Gasteiger partial charge in [-0.25, -0.2) is 0 Å². The van der Waals surface area contributed by atoms with Crippen LogP contribution in [0.4, 0.5) is 0 Å². The van der Waals surface area contributed by atoms with E-state index in [-0.39, 0.29) is 24.5 Å². The first-order valence-corrected chi connectivity index (χ1v) is 9.64. The molecule has 0 spiro atoms. The molecule has 2 unspecified atom stereocenters. The van der Waals surface area contributed by atoms with Crippen molar-refractivity contribution in [3.63, 3.8) is 0 Å². The van der Waals surface area contributed by atoms with E-state index in [1.165, 1.54) is 0 Å². The molecule has 0 fully saturated rings. The van der Waals surface area contributed by atoms with Crippen LogP contribution in [0.2, 0.25) is 5.02 Å². The summed E-state index contributed by atoms with van der Waals surface area (Å²) in [5.41, 5.74) is 3.00. The number of likely N-dealkylation sites (N-methyl/N-ethyl adjacent to an activating group) is 1. The van der Waals surface area contributed by atoms with Crippen molar-refractivity contribution in [1.82, 2.24) is 15.2 Å². The number of rotatable bonds is 7. The van der Waals surface area contributed by atoms with Gasteiger partial charge in [-0.05, 0) is 42.3 Å². The molecule has 4 nitrogen and oxygen atoms in total. The van der Waals surface area contributed by atoms with E-state index in [4.69, 9.17) is 11.6 Å². The van der Waals surface area contributed by atoms with E-state index >= 15 is 0 Å². The van der Waals surface area contributed by atoms with E-state index < -0.39 is 0 Å². The number of carbonyl (C=O) groups excluding carboxylic acids is 1. The van der Waals surface area contributed by atoms with Crippen LogP contribution in [0.5, 0.6) is 0 Å². The second-order valence-corrected chi connectivity index (χ2v) is 7.15. The van der Waals surface area contributed by atoms with Crippen molar-refractivity contribution in [2.24, 2.45) is 0 Å². The molecule has 3 rings (SSSR count). The summed E-state index contributed by atoms with van der Waals surface area (Å²) < 4.78 is 0. The smallest absolute Gasteiger partial charge is 0.236 e. The van der Waals surface area contributed by atoms with Gasteiger partial charge in [-0.1, -0.05) is 60.1 Å². The Morgan fingerprint density at radius 1 is 1.00 bits per heavy atom. The number of carbonyl (C=O) groups is 1. The number of hydrogen-bond donors (Lipinski definition) is 1. The molecular weight excluding hydrogens is 370 g/mol. The van der Waals surface area contributed by atoms with Crippen LogP contribution in [0.1, 0.15) is 35.8 Å². The molecule has 0 aliphatic carbocycles. The minimum atomic E-state index is -0.148. The number of benzene rings is 2. The second-order valence-electron chi connectivity index (χ2n) is 6.71. The molecule has 0 saturated heterocycles. The molecule has 0 radical (unpaired) electrons. The minimum Gasteiger partial charge on any atom is -0.338 e. The molecular formula is C23H24ClN3O. The normalized spacial score (nSPS) is 13.0. The first-order valence-electron chi connectivity index (χ1n) is 9.26. The van der Waals surface area contributed by atoms with E-state index in [2.05, 4.69) is 10.3 Å². The Labute approximate surface area is 171 Å². The average molecular weight is 394 g/mol. The van der Waals surface area contributed by atoms with E-state index in [9.17, 15) is 4.79 Å². The predicted molar refractivity (Wildman–Crippen MR) is 113 cm³/mol. The number of nitrogens with zero attached hydrogens (tertiary/aromatic N) is 2. The maximum Gasteiger partial charge on any atom is 0.236 e. The third-order valence-corrected chi connectivity index (χ3v) is 5.15. The summed E-state index contributed by atoms with van der Waals surface area (Å²) in [7, 11) is 1.82. The van der Waals surface area contributed by atoms with Gasteiger partial charge in [0, 0.05) is 18.3 Å². The van der Waals surface area contributed by atoms with Crippen LogP contribution >= 0.6 is 11.6 Å².